The third kappa shape index (κ3) is 11.9. The molecule has 7 atom stereocenters. The molecule has 4 unspecified atom stereocenters. The number of phosphoric acid groups is 1. The number of carbonyl (C=O) groups excluding carboxylic acids is 3. The smallest absolute Gasteiger partial charge is 0.330 e. The topological polar surface area (TPSA) is 219 Å². The van der Waals surface area contributed by atoms with Crippen molar-refractivity contribution < 1.29 is 42.4 Å². The molecule has 0 radical (unpaired) electrons. The molecule has 1 aromatic heterocycles. The van der Waals surface area contributed by atoms with Crippen LogP contribution in [0.4, 0.5) is 4.79 Å². The van der Waals surface area contributed by atoms with Crippen molar-refractivity contribution in [1.82, 2.24) is 25.5 Å². The number of ether oxygens (including phenoxy) is 2. The van der Waals surface area contributed by atoms with Gasteiger partial charge in [-0.25, -0.2) is 9.59 Å². The monoisotopic (exact) mass is 728 g/mol. The van der Waals surface area contributed by atoms with Gasteiger partial charge in [0.2, 0.25) is 5.91 Å². The molecule has 1 aromatic rings. The molecule has 3 saturated heterocycles. The summed E-state index contributed by atoms with van der Waals surface area (Å²) >= 11 is 1.89. The highest BCUT2D eigenvalue weighted by molar-refractivity contribution is 8.00. The largest absolute Gasteiger partial charge is 0.756 e. The molecule has 0 bridgehead atoms. The first-order valence-electron chi connectivity index (χ1n) is 16.7. The third-order valence-corrected chi connectivity index (χ3v) is 11.3. The Bertz CT molecular complexity index is 1490. The van der Waals surface area contributed by atoms with E-state index in [1.54, 1.807) is 0 Å². The number of aromatic nitrogens is 2. The molecule has 4 heterocycles. The molecule has 16 nitrogen and oxygen atoms in total. The van der Waals surface area contributed by atoms with E-state index in [9.17, 15) is 33.4 Å². The van der Waals surface area contributed by atoms with Crippen molar-refractivity contribution in [2.75, 3.05) is 33.1 Å². The molecule has 0 saturated carbocycles. The Morgan fingerprint density at radius 2 is 1.84 bits per heavy atom. The number of ketones is 1. The lowest BCUT2D eigenvalue weighted by molar-refractivity contribution is -0.229. The quantitative estimate of drug-likeness (QED) is 0.0616. The zero-order valence-electron chi connectivity index (χ0n) is 27.9. The van der Waals surface area contributed by atoms with Gasteiger partial charge in [-0.15, -0.1) is 0 Å². The van der Waals surface area contributed by atoms with E-state index in [1.165, 1.54) is 25.5 Å². The van der Waals surface area contributed by atoms with Crippen molar-refractivity contribution in [3.8, 4) is 0 Å². The van der Waals surface area contributed by atoms with Crippen LogP contribution >= 0.6 is 19.6 Å². The zero-order valence-corrected chi connectivity index (χ0v) is 29.6. The molecule has 0 aliphatic carbocycles. The summed E-state index contributed by atoms with van der Waals surface area (Å²) in [6.45, 7) is 0.432. The van der Waals surface area contributed by atoms with E-state index in [1.807, 2.05) is 11.8 Å². The van der Waals surface area contributed by atoms with Crippen LogP contribution in [0.5, 0.6) is 0 Å². The molecule has 3 aliphatic rings. The number of nitrogens with zero attached hydrogens (tertiary/aromatic N) is 1. The van der Waals surface area contributed by atoms with Gasteiger partial charge in [0.15, 0.2) is 0 Å². The molecule has 3 fully saturated rings. The Morgan fingerprint density at radius 1 is 1.10 bits per heavy atom. The van der Waals surface area contributed by atoms with Gasteiger partial charge < -0.3 is 39.4 Å². The van der Waals surface area contributed by atoms with Gasteiger partial charge in [-0.3, -0.25) is 28.5 Å². The normalized spacial score (nSPS) is 26.0. The highest BCUT2D eigenvalue weighted by atomic mass is 32.2. The number of H-pyrrole nitrogens is 1. The lowest BCUT2D eigenvalue weighted by Gasteiger charge is -2.26. The standard InChI is InChI=1S/C31H48N5O11PS/c1-44-18-24-23(47-48(42,43)45-2)16-27(46-24)36-17-20(29(39)35-31(36)41)13-14-26(38)32-15-9-5-3-4-6-10-21(37)11-7-8-12-25-28-22(19-49-25)33-30(40)34-28/h13-14,17,22-25,27-28H,3-12,15-16,18-19H2,1-2H3,(H,32,38)(H,42,43)(H2,33,34,40)(H,35,39,41)/p-1/b14-13+/t22?,23-,24-,25?,27-,28?/m1/s1. The molecule has 3 amide bonds. The second-order valence-electron chi connectivity index (χ2n) is 12.4. The summed E-state index contributed by atoms with van der Waals surface area (Å²) < 4.78 is 33.2. The molecule has 4 N–H and O–H groups in total. The predicted octanol–water partition coefficient (Wildman–Crippen LogP) is 1.74. The average molecular weight is 729 g/mol. The highest BCUT2D eigenvalue weighted by Crippen LogP contribution is 2.44. The van der Waals surface area contributed by atoms with E-state index >= 15 is 0 Å². The number of unbranched alkanes of at least 4 members (excludes halogenated alkanes) is 5. The van der Waals surface area contributed by atoms with Gasteiger partial charge in [0.05, 0.1) is 30.4 Å². The number of phosphoric ester groups is 1. The Labute approximate surface area is 289 Å². The van der Waals surface area contributed by atoms with E-state index in [2.05, 4.69) is 25.5 Å². The number of thioether (sulfide) groups is 1. The lowest BCUT2D eigenvalue weighted by atomic mass is 10.0. The predicted molar refractivity (Wildman–Crippen MR) is 180 cm³/mol. The van der Waals surface area contributed by atoms with Crippen LogP contribution in [-0.4, -0.2) is 89.9 Å². The highest BCUT2D eigenvalue weighted by Gasteiger charge is 2.42. The molecule has 18 heteroatoms. The van der Waals surface area contributed by atoms with Crippen LogP contribution in [0.2, 0.25) is 0 Å². The fourth-order valence-corrected chi connectivity index (χ4v) is 8.37. The van der Waals surface area contributed by atoms with Gasteiger partial charge >= 0.3 is 11.7 Å². The van der Waals surface area contributed by atoms with Gasteiger partial charge in [0.1, 0.15) is 18.1 Å². The fourth-order valence-electron chi connectivity index (χ4n) is 6.19. The van der Waals surface area contributed by atoms with Crippen molar-refractivity contribution in [2.24, 2.45) is 0 Å². The van der Waals surface area contributed by atoms with Crippen molar-refractivity contribution in [3.05, 3.63) is 38.7 Å². The van der Waals surface area contributed by atoms with Gasteiger partial charge in [-0.05, 0) is 31.8 Å². The summed E-state index contributed by atoms with van der Waals surface area (Å²) in [4.78, 5) is 75.1. The van der Waals surface area contributed by atoms with Crippen LogP contribution in [0.15, 0.2) is 21.9 Å². The second kappa shape index (κ2) is 19.0. The number of urea groups is 1. The summed E-state index contributed by atoms with van der Waals surface area (Å²) in [6, 6.07) is 0.363. The summed E-state index contributed by atoms with van der Waals surface area (Å²) in [7, 11) is -2.23. The number of rotatable bonds is 21. The summed E-state index contributed by atoms with van der Waals surface area (Å²) in [6.07, 6.45) is 9.35. The van der Waals surface area contributed by atoms with Gasteiger partial charge in [0.25, 0.3) is 13.4 Å². The molecule has 0 spiro atoms. The van der Waals surface area contributed by atoms with Gasteiger partial charge in [-0.2, -0.15) is 11.8 Å². The van der Waals surface area contributed by atoms with Crippen molar-refractivity contribution in [2.45, 2.75) is 106 Å². The average Bonchev–Trinajstić information content (AvgIpc) is 3.74. The van der Waals surface area contributed by atoms with E-state index in [0.29, 0.717) is 30.4 Å². The van der Waals surface area contributed by atoms with Gasteiger partial charge in [0, 0.05) is 63.3 Å². The molecule has 3 aliphatic heterocycles. The Kier molecular flexibility index (Phi) is 15.1. The number of hydrogen-bond donors (Lipinski definition) is 4. The first-order valence-corrected chi connectivity index (χ1v) is 19.2. The number of nitrogens with one attached hydrogen (secondary N) is 4. The molecule has 274 valence electrons. The van der Waals surface area contributed by atoms with Crippen LogP contribution in [0.25, 0.3) is 6.08 Å². The first kappa shape index (κ1) is 39.0. The second-order valence-corrected chi connectivity index (χ2v) is 15.1. The van der Waals surface area contributed by atoms with E-state index in [4.69, 9.17) is 14.0 Å². The van der Waals surface area contributed by atoms with E-state index in [-0.39, 0.29) is 36.7 Å². The maximum Gasteiger partial charge on any atom is 0.330 e. The number of aromatic amines is 1. The molecular formula is C31H47N5O11PS-. The number of Topliss-reactive ketones (excluding diaryl/α,β-unsaturated/α-hetero) is 1. The van der Waals surface area contributed by atoms with Crippen LogP contribution in [0, 0.1) is 0 Å². The number of methoxy groups -OCH3 is 1. The molecule has 0 aromatic carbocycles. The Hall–Kier alpha value is -2.79. The zero-order chi connectivity index (χ0) is 35.4. The minimum Gasteiger partial charge on any atom is -0.756 e. The molecular weight excluding hydrogens is 681 g/mol. The summed E-state index contributed by atoms with van der Waals surface area (Å²) in [5.74, 6) is 0.832. The molecule has 4 rings (SSSR count). The Balaban J connectivity index is 1.09. The summed E-state index contributed by atoms with van der Waals surface area (Å²) in [5.41, 5.74) is -1.46. The minimum absolute atomic E-state index is 0.0142. The van der Waals surface area contributed by atoms with E-state index < -0.39 is 43.4 Å². The number of fused-ring (bicyclic) bond motifs is 1. The maximum atomic E-state index is 12.5. The van der Waals surface area contributed by atoms with Gasteiger partial charge in [-0.1, -0.05) is 25.7 Å². The van der Waals surface area contributed by atoms with Crippen molar-refractivity contribution in [3.63, 3.8) is 0 Å². The lowest BCUT2D eigenvalue weighted by Crippen LogP contribution is -2.36. The SMILES string of the molecule is COC[C@H]1O[C@@H](n2cc(/C=C/C(=O)NCCCCCCCC(=O)CCCCC3SCC4NC(=O)NC43)c(=O)[nH]c2=O)C[C@H]1OP(=O)([O-])OC. The van der Waals surface area contributed by atoms with Crippen molar-refractivity contribution >= 4 is 43.4 Å². The van der Waals surface area contributed by atoms with Crippen molar-refractivity contribution in [1.29, 1.82) is 0 Å². The fraction of sp³-hybridized carbons (Fsp3) is 0.710. The number of carbonyl (C=O) groups is 3. The van der Waals surface area contributed by atoms with Crippen LogP contribution in [0.1, 0.15) is 82.4 Å². The summed E-state index contributed by atoms with van der Waals surface area (Å²) in [5, 5.41) is 9.14. The third-order valence-electron chi connectivity index (χ3n) is 8.78. The molecule has 49 heavy (non-hydrogen) atoms. The number of hydrogen-bond acceptors (Lipinski definition) is 12. The Morgan fingerprint density at radius 3 is 2.59 bits per heavy atom. The van der Waals surface area contributed by atoms with Crippen LogP contribution < -0.4 is 32.1 Å². The first-order chi connectivity index (χ1) is 23.5. The minimum atomic E-state index is -4.59. The maximum absolute atomic E-state index is 12.5. The van der Waals surface area contributed by atoms with E-state index in [0.717, 1.165) is 68.8 Å². The van der Waals surface area contributed by atoms with Crippen LogP contribution in [-0.2, 0) is 32.7 Å². The number of amides is 3. The van der Waals surface area contributed by atoms with Crippen LogP contribution in [0.3, 0.4) is 0 Å².